The van der Waals surface area contributed by atoms with Gasteiger partial charge in [0.25, 0.3) is 0 Å². The largest absolute Gasteiger partial charge is 0.390 e. The van der Waals surface area contributed by atoms with Gasteiger partial charge in [-0.1, -0.05) is 19.1 Å². The van der Waals surface area contributed by atoms with Crippen LogP contribution in [0.15, 0.2) is 47.3 Å². The Kier molecular flexibility index (Phi) is 5.19. The number of aryl methyl sites for hydroxylation is 2. The van der Waals surface area contributed by atoms with Gasteiger partial charge in [-0.2, -0.15) is 0 Å². The predicted molar refractivity (Wildman–Crippen MR) is 128 cm³/mol. The van der Waals surface area contributed by atoms with E-state index in [4.69, 9.17) is 5.73 Å². The zero-order valence-corrected chi connectivity index (χ0v) is 19.6. The predicted octanol–water partition coefficient (Wildman–Crippen LogP) is 3.94. The smallest absolute Gasteiger partial charge is 0.143 e. The summed E-state index contributed by atoms with van der Waals surface area (Å²) < 4.78 is 2.78. The number of anilines is 1. The third kappa shape index (κ3) is 3.46. The van der Waals surface area contributed by atoms with Crippen molar-refractivity contribution in [3.05, 3.63) is 58.6 Å². The molecule has 1 aromatic carbocycles. The average Bonchev–Trinajstić information content (AvgIpc) is 3.29. The van der Waals surface area contributed by atoms with E-state index in [2.05, 4.69) is 49.9 Å². The first kappa shape index (κ1) is 21.3. The third-order valence-electron chi connectivity index (χ3n) is 7.02. The standard InChI is InChI=1S/C24H26BrN5O2/c1-13-16-6-8-30(23(16)28-12-27-13)19-11-24(2,21(32)20(19)31)7-5-14-3-4-15-10-17(25)22(26)29-18(15)9-14/h3-4,6,8-10,12,19-21,31-32H,5,7,11H2,1-2H3,(H2,26,29)/t19-,20+,21+,24+/m1/s1. The van der Waals surface area contributed by atoms with Crippen molar-refractivity contribution in [2.24, 2.45) is 5.41 Å². The summed E-state index contributed by atoms with van der Waals surface area (Å²) >= 11 is 3.42. The number of aromatic nitrogens is 4. The fraction of sp³-hybridized carbons (Fsp3) is 0.375. The molecule has 0 radical (unpaired) electrons. The first-order chi connectivity index (χ1) is 15.3. The number of aliphatic hydroxyl groups excluding tert-OH is 2. The Morgan fingerprint density at radius 3 is 2.84 bits per heavy atom. The van der Waals surface area contributed by atoms with E-state index in [1.807, 2.05) is 35.9 Å². The number of hydrogen-bond acceptors (Lipinski definition) is 6. The van der Waals surface area contributed by atoms with Crippen LogP contribution in [0.25, 0.3) is 21.9 Å². The van der Waals surface area contributed by atoms with E-state index in [0.29, 0.717) is 12.2 Å². The van der Waals surface area contributed by atoms with Crippen LogP contribution in [0.1, 0.15) is 37.1 Å². The summed E-state index contributed by atoms with van der Waals surface area (Å²) in [5.41, 5.74) is 9.20. The number of rotatable bonds is 4. The minimum atomic E-state index is -0.860. The topological polar surface area (TPSA) is 110 Å². The van der Waals surface area contributed by atoms with Gasteiger partial charge in [-0.05, 0) is 71.3 Å². The van der Waals surface area contributed by atoms with Crippen LogP contribution in [-0.4, -0.2) is 41.9 Å². The number of hydrogen-bond donors (Lipinski definition) is 3. The van der Waals surface area contributed by atoms with Crippen molar-refractivity contribution < 1.29 is 10.2 Å². The van der Waals surface area contributed by atoms with Gasteiger partial charge in [0.1, 0.15) is 23.9 Å². The highest BCUT2D eigenvalue weighted by molar-refractivity contribution is 9.10. The van der Waals surface area contributed by atoms with Crippen molar-refractivity contribution in [3.63, 3.8) is 0 Å². The Morgan fingerprint density at radius 2 is 2.03 bits per heavy atom. The van der Waals surface area contributed by atoms with Gasteiger partial charge in [0, 0.05) is 17.0 Å². The number of halogens is 1. The summed E-state index contributed by atoms with van der Waals surface area (Å²) in [7, 11) is 0. The van der Waals surface area contributed by atoms with Crippen LogP contribution in [0.2, 0.25) is 0 Å². The summed E-state index contributed by atoms with van der Waals surface area (Å²) in [5, 5.41) is 23.9. The molecule has 1 saturated carbocycles. The molecule has 166 valence electrons. The summed E-state index contributed by atoms with van der Waals surface area (Å²) in [6.45, 7) is 4.00. The number of nitrogens with zero attached hydrogens (tertiary/aromatic N) is 4. The fourth-order valence-electron chi connectivity index (χ4n) is 5.01. The van der Waals surface area contributed by atoms with Crippen LogP contribution in [0, 0.1) is 12.3 Å². The van der Waals surface area contributed by atoms with Crippen molar-refractivity contribution in [2.75, 3.05) is 5.73 Å². The quantitative estimate of drug-likeness (QED) is 0.395. The zero-order chi connectivity index (χ0) is 22.6. The molecule has 4 N–H and O–H groups in total. The van der Waals surface area contributed by atoms with E-state index in [1.165, 1.54) is 0 Å². The average molecular weight is 496 g/mol. The van der Waals surface area contributed by atoms with E-state index in [1.54, 1.807) is 6.33 Å². The Balaban J connectivity index is 1.38. The Labute approximate surface area is 194 Å². The van der Waals surface area contributed by atoms with Crippen LogP contribution < -0.4 is 5.73 Å². The van der Waals surface area contributed by atoms with Crippen LogP contribution in [-0.2, 0) is 6.42 Å². The summed E-state index contributed by atoms with van der Waals surface area (Å²) in [5.74, 6) is 0.469. The van der Waals surface area contributed by atoms with Crippen molar-refractivity contribution >= 4 is 43.7 Å². The van der Waals surface area contributed by atoms with Crippen molar-refractivity contribution in [1.82, 2.24) is 19.5 Å². The lowest BCUT2D eigenvalue weighted by molar-refractivity contribution is -0.0241. The van der Waals surface area contributed by atoms with E-state index in [9.17, 15) is 10.2 Å². The second-order valence-electron chi connectivity index (χ2n) is 9.16. The van der Waals surface area contributed by atoms with E-state index in [0.717, 1.165) is 50.5 Å². The second kappa shape index (κ2) is 7.79. The number of aliphatic hydroxyl groups is 2. The molecular formula is C24H26BrN5O2. The van der Waals surface area contributed by atoms with Crippen molar-refractivity contribution in [1.29, 1.82) is 0 Å². The minimum absolute atomic E-state index is 0.239. The van der Waals surface area contributed by atoms with Gasteiger partial charge in [-0.15, -0.1) is 0 Å². The molecule has 0 aliphatic heterocycles. The third-order valence-corrected chi connectivity index (χ3v) is 7.66. The van der Waals surface area contributed by atoms with Gasteiger partial charge < -0.3 is 20.5 Å². The first-order valence-electron chi connectivity index (χ1n) is 10.8. The molecule has 1 fully saturated rings. The van der Waals surface area contributed by atoms with Crippen molar-refractivity contribution in [3.8, 4) is 0 Å². The van der Waals surface area contributed by atoms with Gasteiger partial charge >= 0.3 is 0 Å². The van der Waals surface area contributed by atoms with Crippen molar-refractivity contribution in [2.45, 2.75) is 51.4 Å². The number of nitrogens with two attached hydrogens (primary N) is 1. The molecule has 32 heavy (non-hydrogen) atoms. The Morgan fingerprint density at radius 1 is 1.22 bits per heavy atom. The maximum atomic E-state index is 11.0. The molecule has 3 heterocycles. The maximum absolute atomic E-state index is 11.0. The van der Waals surface area contributed by atoms with Gasteiger partial charge in [0.05, 0.1) is 27.8 Å². The SMILES string of the molecule is Cc1ncnc2c1ccn2[C@@H]1C[C@](C)(CCc2ccc3cc(Br)c(N)nc3c2)[C@@H](O)[C@H]1O. The molecule has 5 rings (SSSR count). The first-order valence-corrected chi connectivity index (χ1v) is 11.5. The maximum Gasteiger partial charge on any atom is 0.143 e. The molecule has 3 aromatic heterocycles. The summed E-state index contributed by atoms with van der Waals surface area (Å²) in [6.07, 6.45) is 3.98. The molecule has 8 heteroatoms. The molecule has 1 aliphatic rings. The number of fused-ring (bicyclic) bond motifs is 2. The monoisotopic (exact) mass is 495 g/mol. The normalized spacial score (nSPS) is 25.7. The number of benzene rings is 1. The van der Waals surface area contributed by atoms with Gasteiger partial charge in [0.15, 0.2) is 0 Å². The lowest BCUT2D eigenvalue weighted by Crippen LogP contribution is -2.35. The van der Waals surface area contributed by atoms with E-state index in [-0.39, 0.29) is 6.04 Å². The van der Waals surface area contributed by atoms with E-state index >= 15 is 0 Å². The van der Waals surface area contributed by atoms with Crippen LogP contribution >= 0.6 is 15.9 Å². The molecule has 0 unspecified atom stereocenters. The molecule has 4 atom stereocenters. The van der Waals surface area contributed by atoms with Gasteiger partial charge in [-0.25, -0.2) is 15.0 Å². The van der Waals surface area contributed by atoms with Crippen LogP contribution in [0.3, 0.4) is 0 Å². The molecule has 0 spiro atoms. The molecule has 0 bridgehead atoms. The molecule has 1 aliphatic carbocycles. The molecule has 0 amide bonds. The van der Waals surface area contributed by atoms with Gasteiger partial charge in [0.2, 0.25) is 0 Å². The lowest BCUT2D eigenvalue weighted by atomic mass is 9.80. The summed E-state index contributed by atoms with van der Waals surface area (Å²) in [4.78, 5) is 13.1. The zero-order valence-electron chi connectivity index (χ0n) is 18.0. The second-order valence-corrected chi connectivity index (χ2v) is 10.0. The summed E-state index contributed by atoms with van der Waals surface area (Å²) in [6, 6.07) is 9.89. The van der Waals surface area contributed by atoms with Crippen LogP contribution in [0.4, 0.5) is 5.82 Å². The molecular weight excluding hydrogens is 470 g/mol. The van der Waals surface area contributed by atoms with E-state index < -0.39 is 17.6 Å². The number of pyridine rings is 1. The Hall–Kier alpha value is -2.55. The molecule has 4 aromatic rings. The molecule has 0 saturated heterocycles. The fourth-order valence-corrected chi connectivity index (χ4v) is 5.34. The highest BCUT2D eigenvalue weighted by atomic mass is 79.9. The van der Waals surface area contributed by atoms with Crippen LogP contribution in [0.5, 0.6) is 0 Å². The highest BCUT2D eigenvalue weighted by Crippen LogP contribution is 2.48. The molecule has 7 nitrogen and oxygen atoms in total. The Bertz CT molecular complexity index is 1320. The van der Waals surface area contributed by atoms with Gasteiger partial charge in [-0.3, -0.25) is 0 Å². The number of nitrogen functional groups attached to an aromatic ring is 1. The minimum Gasteiger partial charge on any atom is -0.390 e. The lowest BCUT2D eigenvalue weighted by Gasteiger charge is -2.28. The highest BCUT2D eigenvalue weighted by Gasteiger charge is 2.50.